The molecule has 3 fully saturated rings. The Bertz CT molecular complexity index is 974. The number of hydrogen-bond acceptors (Lipinski definition) is 7. The van der Waals surface area contributed by atoms with E-state index in [2.05, 4.69) is 0 Å². The van der Waals surface area contributed by atoms with Crippen LogP contribution in [-0.2, 0) is 19.1 Å². The summed E-state index contributed by atoms with van der Waals surface area (Å²) in [5.41, 5.74) is -5.56. The first kappa shape index (κ1) is 25.2. The van der Waals surface area contributed by atoms with Crippen LogP contribution in [0.25, 0.3) is 0 Å². The highest BCUT2D eigenvalue weighted by atomic mass is 19.1. The standard InChI is InChI=1S/C26H35FO7/c1-5-21(32)34-26(22(33)19(30)13-28)14(2)10-18-17-7-6-15-11-16(29)8-9-23(15,3)25(17,27)20(31)12-24(18,26)4/h8-9,11,14,17-20,28,30-31H,5-7,10,12-13H2,1-4H3/t14-,17+,18+,19?,20+,23+,24+,25+,26+/m1/s1. The van der Waals surface area contributed by atoms with Crippen LogP contribution in [0.5, 0.6) is 0 Å². The number of ether oxygens (including phenoxy) is 1. The number of esters is 1. The molecule has 0 saturated heterocycles. The van der Waals surface area contributed by atoms with Gasteiger partial charge in [0.25, 0.3) is 0 Å². The molecule has 9 atom stereocenters. The second kappa shape index (κ2) is 8.07. The van der Waals surface area contributed by atoms with Gasteiger partial charge < -0.3 is 20.1 Å². The van der Waals surface area contributed by atoms with Crippen molar-refractivity contribution in [3.05, 3.63) is 23.8 Å². The van der Waals surface area contributed by atoms with Gasteiger partial charge in [0.2, 0.25) is 5.78 Å². The van der Waals surface area contributed by atoms with Crippen LogP contribution >= 0.6 is 0 Å². The number of allylic oxidation sites excluding steroid dienone is 4. The SMILES string of the molecule is CCC(=O)O[C@]1(C(=O)C(O)CO)[C@H](C)C[C@H]2[C@@H]3CCC4=CC(=O)C=C[C@]4(C)[C@@]3(F)[C@@H](O)C[C@@]21C. The Labute approximate surface area is 199 Å². The van der Waals surface area contributed by atoms with E-state index in [0.717, 1.165) is 0 Å². The lowest BCUT2D eigenvalue weighted by atomic mass is 9.44. The summed E-state index contributed by atoms with van der Waals surface area (Å²) >= 11 is 0. The highest BCUT2D eigenvalue weighted by Gasteiger charge is 2.77. The van der Waals surface area contributed by atoms with Crippen LogP contribution in [0.3, 0.4) is 0 Å². The van der Waals surface area contributed by atoms with Crippen molar-refractivity contribution in [2.24, 2.45) is 28.6 Å². The van der Waals surface area contributed by atoms with Gasteiger partial charge in [0.1, 0.15) is 6.10 Å². The van der Waals surface area contributed by atoms with E-state index < -0.39 is 70.4 Å². The zero-order valence-electron chi connectivity index (χ0n) is 20.2. The maximum atomic E-state index is 17.3. The smallest absolute Gasteiger partial charge is 0.306 e. The zero-order valence-corrected chi connectivity index (χ0v) is 20.2. The third-order valence-corrected chi connectivity index (χ3v) is 9.59. The highest BCUT2D eigenvalue weighted by Crippen LogP contribution is 2.71. The van der Waals surface area contributed by atoms with Crippen molar-refractivity contribution in [1.82, 2.24) is 0 Å². The van der Waals surface area contributed by atoms with Crippen molar-refractivity contribution in [2.45, 2.75) is 83.3 Å². The van der Waals surface area contributed by atoms with Crippen LogP contribution in [0.1, 0.15) is 59.8 Å². The number of carbonyl (C=O) groups excluding carboxylic acids is 3. The molecular formula is C26H35FO7. The first-order valence-corrected chi connectivity index (χ1v) is 12.2. The van der Waals surface area contributed by atoms with E-state index in [-0.39, 0.29) is 18.6 Å². The number of alkyl halides is 1. The predicted molar refractivity (Wildman–Crippen MR) is 120 cm³/mol. The molecule has 188 valence electrons. The molecule has 0 aliphatic heterocycles. The van der Waals surface area contributed by atoms with Crippen LogP contribution < -0.4 is 0 Å². The van der Waals surface area contributed by atoms with Crippen LogP contribution in [0, 0.1) is 28.6 Å². The van der Waals surface area contributed by atoms with Gasteiger partial charge in [-0.05, 0) is 50.7 Å². The van der Waals surface area contributed by atoms with Crippen LogP contribution in [0.4, 0.5) is 4.39 Å². The van der Waals surface area contributed by atoms with E-state index in [9.17, 15) is 29.7 Å². The van der Waals surface area contributed by atoms with Crippen molar-refractivity contribution in [3.8, 4) is 0 Å². The molecule has 4 aliphatic carbocycles. The average molecular weight is 479 g/mol. The molecule has 3 saturated carbocycles. The van der Waals surface area contributed by atoms with Gasteiger partial charge in [-0.2, -0.15) is 0 Å². The zero-order chi connectivity index (χ0) is 25.3. The van der Waals surface area contributed by atoms with Crippen molar-refractivity contribution in [1.29, 1.82) is 0 Å². The Kier molecular flexibility index (Phi) is 5.98. The van der Waals surface area contributed by atoms with Crippen molar-refractivity contribution in [3.63, 3.8) is 0 Å². The fourth-order valence-corrected chi connectivity index (χ4v) is 7.91. The molecule has 0 spiro atoms. The largest absolute Gasteiger partial charge is 0.450 e. The lowest BCUT2D eigenvalue weighted by Gasteiger charge is -2.62. The number of ketones is 2. The van der Waals surface area contributed by atoms with E-state index in [1.54, 1.807) is 33.8 Å². The lowest BCUT2D eigenvalue weighted by Crippen LogP contribution is -2.70. The number of aliphatic hydroxyl groups is 3. The number of carbonyl (C=O) groups is 3. The molecule has 0 aromatic heterocycles. The minimum absolute atomic E-state index is 0.00178. The Morgan fingerprint density at radius 1 is 1.29 bits per heavy atom. The first-order chi connectivity index (χ1) is 15.8. The fraction of sp³-hybridized carbons (Fsp3) is 0.731. The van der Waals surface area contributed by atoms with Crippen LogP contribution in [-0.4, -0.2) is 62.9 Å². The number of fused-ring (bicyclic) bond motifs is 5. The van der Waals surface area contributed by atoms with Gasteiger partial charge >= 0.3 is 5.97 Å². The number of halogens is 1. The number of hydrogen-bond donors (Lipinski definition) is 3. The van der Waals surface area contributed by atoms with Crippen molar-refractivity contribution >= 4 is 17.5 Å². The van der Waals surface area contributed by atoms with E-state index >= 15 is 4.39 Å². The normalized spacial score (nSPS) is 46.1. The molecule has 0 heterocycles. The summed E-state index contributed by atoms with van der Waals surface area (Å²) in [6.07, 6.45) is 2.15. The summed E-state index contributed by atoms with van der Waals surface area (Å²) in [4.78, 5) is 38.1. The van der Waals surface area contributed by atoms with E-state index in [1.165, 1.54) is 12.2 Å². The highest BCUT2D eigenvalue weighted by molar-refractivity contribution is 6.01. The molecule has 0 amide bonds. The Morgan fingerprint density at radius 2 is 1.97 bits per heavy atom. The van der Waals surface area contributed by atoms with Crippen LogP contribution in [0.15, 0.2) is 23.8 Å². The third kappa shape index (κ3) is 2.94. The Balaban J connectivity index is 1.86. The van der Waals surface area contributed by atoms with Crippen molar-refractivity contribution < 1.29 is 38.8 Å². The average Bonchev–Trinajstić information content (AvgIpc) is 3.01. The summed E-state index contributed by atoms with van der Waals surface area (Å²) in [6, 6.07) is 0. The Morgan fingerprint density at radius 3 is 2.59 bits per heavy atom. The fourth-order valence-electron chi connectivity index (χ4n) is 7.91. The summed E-state index contributed by atoms with van der Waals surface area (Å²) in [5, 5.41) is 31.3. The Hall–Kier alpha value is -1.90. The molecule has 7 nitrogen and oxygen atoms in total. The minimum atomic E-state index is -2.08. The van der Waals surface area contributed by atoms with E-state index in [4.69, 9.17) is 4.74 Å². The third-order valence-electron chi connectivity index (χ3n) is 9.59. The maximum absolute atomic E-state index is 17.3. The molecule has 34 heavy (non-hydrogen) atoms. The monoisotopic (exact) mass is 478 g/mol. The molecule has 0 bridgehead atoms. The number of Topliss-reactive ketones (excluding diaryl/α,β-unsaturated/α-hetero) is 1. The molecule has 3 N–H and O–H groups in total. The van der Waals surface area contributed by atoms with Crippen LogP contribution in [0.2, 0.25) is 0 Å². The van der Waals surface area contributed by atoms with Gasteiger partial charge in [-0.3, -0.25) is 14.4 Å². The summed E-state index contributed by atoms with van der Waals surface area (Å²) in [5.74, 6) is -3.29. The quantitative estimate of drug-likeness (QED) is 0.518. The minimum Gasteiger partial charge on any atom is -0.450 e. The summed E-state index contributed by atoms with van der Waals surface area (Å²) < 4.78 is 23.1. The second-order valence-corrected chi connectivity index (χ2v) is 11.0. The second-order valence-electron chi connectivity index (χ2n) is 11.0. The number of aliphatic hydroxyl groups excluding tert-OH is 3. The summed E-state index contributed by atoms with van der Waals surface area (Å²) in [7, 11) is 0. The molecule has 4 rings (SSSR count). The van der Waals surface area contributed by atoms with Gasteiger partial charge in [0.05, 0.1) is 12.7 Å². The van der Waals surface area contributed by atoms with Gasteiger partial charge in [0.15, 0.2) is 17.1 Å². The molecule has 0 radical (unpaired) electrons. The van der Waals surface area contributed by atoms with Crippen molar-refractivity contribution in [2.75, 3.05) is 6.61 Å². The molecule has 8 heteroatoms. The topological polar surface area (TPSA) is 121 Å². The molecular weight excluding hydrogens is 443 g/mol. The predicted octanol–water partition coefficient (Wildman–Crippen LogP) is 2.22. The molecule has 1 unspecified atom stereocenters. The molecule has 0 aromatic carbocycles. The summed E-state index contributed by atoms with van der Waals surface area (Å²) in [6.45, 7) is 5.96. The van der Waals surface area contributed by atoms with Gasteiger partial charge in [0, 0.05) is 29.1 Å². The first-order valence-electron chi connectivity index (χ1n) is 12.2. The van der Waals surface area contributed by atoms with Gasteiger partial charge in [-0.1, -0.05) is 32.4 Å². The molecule has 4 aliphatic rings. The van der Waals surface area contributed by atoms with Gasteiger partial charge in [-0.25, -0.2) is 4.39 Å². The number of rotatable bonds is 5. The van der Waals surface area contributed by atoms with E-state index in [0.29, 0.717) is 24.8 Å². The molecule has 0 aromatic rings. The van der Waals surface area contributed by atoms with E-state index in [1.807, 2.05) is 0 Å². The van der Waals surface area contributed by atoms with Gasteiger partial charge in [-0.15, -0.1) is 0 Å². The maximum Gasteiger partial charge on any atom is 0.306 e. The lowest BCUT2D eigenvalue weighted by molar-refractivity contribution is -0.230.